The Morgan fingerprint density at radius 3 is 2.59 bits per heavy atom. The summed E-state index contributed by atoms with van der Waals surface area (Å²) in [5.41, 5.74) is 3.59. The fraction of sp³-hybridized carbons (Fsp3) is 0.0333. The first-order valence-electron chi connectivity index (χ1n) is 11.6. The van der Waals surface area contributed by atoms with Gasteiger partial charge in [-0.2, -0.15) is 5.26 Å². The van der Waals surface area contributed by atoms with Crippen LogP contribution in [0, 0.1) is 11.3 Å². The molecule has 0 saturated heterocycles. The molecular weight excluding hydrogens is 462 g/mol. The number of fused-ring (bicyclic) bond motifs is 1. The molecule has 1 amide bonds. The van der Waals surface area contributed by atoms with E-state index in [1.165, 1.54) is 4.57 Å². The predicted octanol–water partition coefficient (Wildman–Crippen LogP) is 4.75. The highest BCUT2D eigenvalue weighted by molar-refractivity contribution is 5.94. The molecule has 0 spiro atoms. The van der Waals surface area contributed by atoms with Crippen LogP contribution in [0.3, 0.4) is 0 Å². The predicted molar refractivity (Wildman–Crippen MR) is 143 cm³/mol. The lowest BCUT2D eigenvalue weighted by Gasteiger charge is -2.13. The van der Waals surface area contributed by atoms with Crippen molar-refractivity contribution in [1.29, 1.82) is 5.26 Å². The molecule has 2 aromatic heterocycles. The molecule has 0 bridgehead atoms. The molecule has 0 atom stereocenters. The van der Waals surface area contributed by atoms with E-state index in [-0.39, 0.29) is 11.5 Å². The monoisotopic (exact) mass is 483 g/mol. The third-order valence-electron chi connectivity index (χ3n) is 5.81. The standard InChI is InChI=1S/C30H21N5O2/c31-18-22-12-10-21(11-13-22)14-15-28-34-27-9-2-1-8-26(27)30(37)35(28)25-7-3-6-24(17-25)29(36)33-20-23-5-4-16-32-19-23/h1-17,19H,20H2,(H,33,36). The summed E-state index contributed by atoms with van der Waals surface area (Å²) in [4.78, 5) is 35.2. The van der Waals surface area contributed by atoms with Gasteiger partial charge in [-0.05, 0) is 65.7 Å². The van der Waals surface area contributed by atoms with E-state index in [0.717, 1.165) is 11.1 Å². The number of carbonyl (C=O) groups excluding carboxylic acids is 1. The van der Waals surface area contributed by atoms with Crippen LogP contribution in [0.2, 0.25) is 0 Å². The average molecular weight is 484 g/mol. The van der Waals surface area contributed by atoms with Gasteiger partial charge in [-0.3, -0.25) is 19.1 Å². The van der Waals surface area contributed by atoms with E-state index in [1.54, 1.807) is 73.1 Å². The molecular formula is C30H21N5O2. The summed E-state index contributed by atoms with van der Waals surface area (Å²) in [5, 5.41) is 12.4. The third-order valence-corrected chi connectivity index (χ3v) is 5.81. The van der Waals surface area contributed by atoms with Crippen molar-refractivity contribution in [2.75, 3.05) is 0 Å². The number of rotatable bonds is 6. The number of carbonyl (C=O) groups is 1. The Bertz CT molecular complexity index is 1720. The molecule has 0 aliphatic rings. The fourth-order valence-electron chi connectivity index (χ4n) is 3.92. The first kappa shape index (κ1) is 23.4. The Kier molecular flexibility index (Phi) is 6.64. The van der Waals surface area contributed by atoms with Gasteiger partial charge in [0.15, 0.2) is 0 Å². The number of pyridine rings is 1. The SMILES string of the molecule is N#Cc1ccc(C=Cc2nc3ccccc3c(=O)n2-c2cccc(C(=O)NCc3cccnc3)c2)cc1. The van der Waals surface area contributed by atoms with Gasteiger partial charge in [0.25, 0.3) is 11.5 Å². The van der Waals surface area contributed by atoms with Crippen LogP contribution in [0.25, 0.3) is 28.7 Å². The summed E-state index contributed by atoms with van der Waals surface area (Å²) < 4.78 is 1.50. The summed E-state index contributed by atoms with van der Waals surface area (Å²) in [6.45, 7) is 0.340. The molecule has 0 aliphatic heterocycles. The van der Waals surface area contributed by atoms with Gasteiger partial charge in [-0.25, -0.2) is 4.98 Å². The van der Waals surface area contributed by atoms with Crippen LogP contribution in [-0.2, 0) is 6.54 Å². The molecule has 5 rings (SSSR count). The third kappa shape index (κ3) is 5.19. The molecule has 37 heavy (non-hydrogen) atoms. The molecule has 0 radical (unpaired) electrons. The van der Waals surface area contributed by atoms with E-state index in [9.17, 15) is 9.59 Å². The van der Waals surface area contributed by atoms with Crippen molar-refractivity contribution >= 4 is 29.0 Å². The molecule has 0 saturated carbocycles. The molecule has 0 unspecified atom stereocenters. The zero-order chi connectivity index (χ0) is 25.6. The molecule has 3 aromatic carbocycles. The van der Waals surface area contributed by atoms with Gasteiger partial charge in [0.05, 0.1) is 28.2 Å². The van der Waals surface area contributed by atoms with E-state index in [2.05, 4.69) is 16.4 Å². The van der Waals surface area contributed by atoms with Crippen molar-refractivity contribution in [3.8, 4) is 11.8 Å². The van der Waals surface area contributed by atoms with Gasteiger partial charge < -0.3 is 5.32 Å². The maximum absolute atomic E-state index is 13.6. The van der Waals surface area contributed by atoms with Crippen molar-refractivity contribution < 1.29 is 4.79 Å². The van der Waals surface area contributed by atoms with E-state index in [4.69, 9.17) is 10.2 Å². The summed E-state index contributed by atoms with van der Waals surface area (Å²) >= 11 is 0. The molecule has 5 aromatic rings. The second-order valence-corrected chi connectivity index (χ2v) is 8.29. The number of hydrogen-bond acceptors (Lipinski definition) is 5. The zero-order valence-electron chi connectivity index (χ0n) is 19.7. The second kappa shape index (κ2) is 10.5. The topological polar surface area (TPSA) is 101 Å². The molecule has 0 fully saturated rings. The van der Waals surface area contributed by atoms with Crippen LogP contribution >= 0.6 is 0 Å². The van der Waals surface area contributed by atoms with Gasteiger partial charge in [0.2, 0.25) is 0 Å². The number of amides is 1. The van der Waals surface area contributed by atoms with Crippen LogP contribution in [0.1, 0.15) is 32.9 Å². The fourth-order valence-corrected chi connectivity index (χ4v) is 3.92. The lowest BCUT2D eigenvalue weighted by atomic mass is 10.1. The van der Waals surface area contributed by atoms with Gasteiger partial charge >= 0.3 is 0 Å². The van der Waals surface area contributed by atoms with E-state index >= 15 is 0 Å². The maximum Gasteiger partial charge on any atom is 0.266 e. The lowest BCUT2D eigenvalue weighted by molar-refractivity contribution is 0.0951. The highest BCUT2D eigenvalue weighted by Crippen LogP contribution is 2.17. The van der Waals surface area contributed by atoms with Gasteiger partial charge in [-0.15, -0.1) is 0 Å². The van der Waals surface area contributed by atoms with Crippen molar-refractivity contribution in [1.82, 2.24) is 19.9 Å². The first-order chi connectivity index (χ1) is 18.1. The minimum absolute atomic E-state index is 0.238. The van der Waals surface area contributed by atoms with Crippen molar-refractivity contribution in [2.45, 2.75) is 6.54 Å². The zero-order valence-corrected chi connectivity index (χ0v) is 19.7. The summed E-state index contributed by atoms with van der Waals surface area (Å²) in [6.07, 6.45) is 6.96. The molecule has 1 N–H and O–H groups in total. The Labute approximate surface area is 213 Å². The van der Waals surface area contributed by atoms with Crippen molar-refractivity contribution in [2.24, 2.45) is 0 Å². The molecule has 7 heteroatoms. The highest BCUT2D eigenvalue weighted by atomic mass is 16.1. The quantitative estimate of drug-likeness (QED) is 0.376. The van der Waals surface area contributed by atoms with Crippen LogP contribution in [0.15, 0.2) is 102 Å². The van der Waals surface area contributed by atoms with Gasteiger partial charge in [-0.1, -0.05) is 42.5 Å². The Morgan fingerprint density at radius 1 is 0.973 bits per heavy atom. The van der Waals surface area contributed by atoms with Crippen molar-refractivity contribution in [3.63, 3.8) is 0 Å². The Hall–Kier alpha value is -5.35. The second-order valence-electron chi connectivity index (χ2n) is 8.29. The smallest absolute Gasteiger partial charge is 0.266 e. The minimum atomic E-state index is -0.262. The van der Waals surface area contributed by atoms with Crippen molar-refractivity contribution in [3.05, 3.63) is 136 Å². The first-order valence-corrected chi connectivity index (χ1v) is 11.6. The van der Waals surface area contributed by atoms with Gasteiger partial charge in [0, 0.05) is 24.5 Å². The van der Waals surface area contributed by atoms with Crippen LogP contribution in [0.4, 0.5) is 0 Å². The number of nitrogens with zero attached hydrogens (tertiary/aromatic N) is 4. The lowest BCUT2D eigenvalue weighted by Crippen LogP contribution is -2.25. The van der Waals surface area contributed by atoms with Crippen LogP contribution in [0.5, 0.6) is 0 Å². The molecule has 2 heterocycles. The summed E-state index contributed by atoms with van der Waals surface area (Å²) in [7, 11) is 0. The molecule has 7 nitrogen and oxygen atoms in total. The Morgan fingerprint density at radius 2 is 1.81 bits per heavy atom. The number of para-hydroxylation sites is 1. The number of nitriles is 1. The van der Waals surface area contributed by atoms with Crippen LogP contribution in [-0.4, -0.2) is 20.4 Å². The van der Waals surface area contributed by atoms with E-state index in [0.29, 0.717) is 40.1 Å². The largest absolute Gasteiger partial charge is 0.348 e. The summed E-state index contributed by atoms with van der Waals surface area (Å²) in [6, 6.07) is 27.0. The van der Waals surface area contributed by atoms with Crippen LogP contribution < -0.4 is 10.9 Å². The minimum Gasteiger partial charge on any atom is -0.348 e. The molecule has 0 aliphatic carbocycles. The van der Waals surface area contributed by atoms with E-state index in [1.807, 2.05) is 36.4 Å². The molecule has 178 valence electrons. The number of hydrogen-bond donors (Lipinski definition) is 1. The van der Waals surface area contributed by atoms with Gasteiger partial charge in [0.1, 0.15) is 5.82 Å². The Balaban J connectivity index is 1.53. The maximum atomic E-state index is 13.6. The summed E-state index contributed by atoms with van der Waals surface area (Å²) in [5.74, 6) is 0.156. The number of nitrogens with one attached hydrogen (secondary N) is 1. The van der Waals surface area contributed by atoms with E-state index < -0.39 is 0 Å². The number of benzene rings is 3. The highest BCUT2D eigenvalue weighted by Gasteiger charge is 2.13. The average Bonchev–Trinajstić information content (AvgIpc) is 2.96. The number of aromatic nitrogens is 3. The normalized spacial score (nSPS) is 10.9.